The number of hydrogen-bond donors (Lipinski definition) is 3. The van der Waals surface area contributed by atoms with Gasteiger partial charge in [-0.05, 0) is 31.4 Å². The molecule has 1 fully saturated rings. The molecule has 0 unspecified atom stereocenters. The summed E-state index contributed by atoms with van der Waals surface area (Å²) in [4.78, 5) is 33.5. The normalized spacial score (nSPS) is 16.0. The zero-order valence-corrected chi connectivity index (χ0v) is 15.2. The van der Waals surface area contributed by atoms with Crippen LogP contribution in [0.15, 0.2) is 22.9 Å². The molecular weight excluding hydrogens is 352 g/mol. The minimum atomic E-state index is -1.03. The lowest BCUT2D eigenvalue weighted by Crippen LogP contribution is -2.48. The Morgan fingerprint density at radius 2 is 2.07 bits per heavy atom. The molecular formula is C17H22N6O4. The number of aromatic nitrogens is 3. The van der Waals surface area contributed by atoms with Gasteiger partial charge in [0.15, 0.2) is 0 Å². The molecule has 1 aliphatic heterocycles. The molecule has 0 radical (unpaired) electrons. The monoisotopic (exact) mass is 374 g/mol. The highest BCUT2D eigenvalue weighted by molar-refractivity contribution is 5.89. The Kier molecular flexibility index (Phi) is 5.36. The summed E-state index contributed by atoms with van der Waals surface area (Å²) in [5.74, 6) is -0.411. The van der Waals surface area contributed by atoms with Crippen LogP contribution in [0.1, 0.15) is 40.6 Å². The molecule has 3 rings (SSSR count). The van der Waals surface area contributed by atoms with Gasteiger partial charge in [-0.25, -0.2) is 4.79 Å². The van der Waals surface area contributed by atoms with E-state index in [0.29, 0.717) is 31.6 Å². The number of hydrogen-bond acceptors (Lipinski definition) is 7. The van der Waals surface area contributed by atoms with Crippen molar-refractivity contribution in [2.45, 2.75) is 31.9 Å². The maximum atomic E-state index is 12.3. The van der Waals surface area contributed by atoms with Gasteiger partial charge in [-0.15, -0.1) is 0 Å². The number of rotatable bonds is 4. The number of nitrogens with zero attached hydrogens (tertiary/aromatic N) is 4. The predicted molar refractivity (Wildman–Crippen MR) is 93.6 cm³/mol. The largest absolute Gasteiger partial charge is 0.383 e. The lowest BCUT2D eigenvalue weighted by molar-refractivity contribution is -0.0204. The third-order valence-corrected chi connectivity index (χ3v) is 4.56. The number of carbonyl (C=O) groups is 2. The van der Waals surface area contributed by atoms with Crippen LogP contribution < -0.4 is 10.6 Å². The summed E-state index contributed by atoms with van der Waals surface area (Å²) in [5.41, 5.74) is 0.625. The van der Waals surface area contributed by atoms with Crippen LogP contribution in [0.5, 0.6) is 0 Å². The lowest BCUT2D eigenvalue weighted by atomic mass is 9.87. The van der Waals surface area contributed by atoms with E-state index >= 15 is 0 Å². The molecule has 3 heterocycles. The standard InChI is InChI=1S/C17H22N6O4/c1-11-3-4-12(19-9-11)17(26)5-7-23(8-6-17)16(25)20-10-13-21-14(22-27-13)15(24)18-2/h3-4,9,26H,5-8,10H2,1-2H3,(H,18,24)(H,20,25). The van der Waals surface area contributed by atoms with E-state index in [1.165, 1.54) is 7.05 Å². The summed E-state index contributed by atoms with van der Waals surface area (Å²) in [7, 11) is 1.46. The van der Waals surface area contributed by atoms with Crippen molar-refractivity contribution in [3.8, 4) is 0 Å². The summed E-state index contributed by atoms with van der Waals surface area (Å²) < 4.78 is 4.92. The smallest absolute Gasteiger partial charge is 0.317 e. The van der Waals surface area contributed by atoms with Crippen LogP contribution >= 0.6 is 0 Å². The van der Waals surface area contributed by atoms with E-state index < -0.39 is 11.5 Å². The molecule has 10 heteroatoms. The van der Waals surface area contributed by atoms with Crippen molar-refractivity contribution in [3.05, 3.63) is 41.3 Å². The molecule has 1 aliphatic rings. The van der Waals surface area contributed by atoms with Gasteiger partial charge in [0, 0.05) is 26.3 Å². The van der Waals surface area contributed by atoms with E-state index in [2.05, 4.69) is 25.8 Å². The van der Waals surface area contributed by atoms with E-state index in [-0.39, 0.29) is 24.3 Å². The molecule has 0 saturated carbocycles. The second-order valence-corrected chi connectivity index (χ2v) is 6.49. The molecule has 27 heavy (non-hydrogen) atoms. The van der Waals surface area contributed by atoms with Gasteiger partial charge in [-0.3, -0.25) is 9.78 Å². The fourth-order valence-corrected chi connectivity index (χ4v) is 2.87. The van der Waals surface area contributed by atoms with Gasteiger partial charge < -0.3 is 25.2 Å². The Hall–Kier alpha value is -3.01. The van der Waals surface area contributed by atoms with Crippen LogP contribution in [0, 0.1) is 6.92 Å². The van der Waals surface area contributed by atoms with E-state index in [0.717, 1.165) is 5.56 Å². The fraction of sp³-hybridized carbons (Fsp3) is 0.471. The second-order valence-electron chi connectivity index (χ2n) is 6.49. The first kappa shape index (κ1) is 18.8. The van der Waals surface area contributed by atoms with Gasteiger partial charge in [0.25, 0.3) is 11.7 Å². The molecule has 144 valence electrons. The van der Waals surface area contributed by atoms with Gasteiger partial charge in [0.1, 0.15) is 5.60 Å². The molecule has 2 aromatic rings. The van der Waals surface area contributed by atoms with Gasteiger partial charge in [0.2, 0.25) is 5.89 Å². The minimum absolute atomic E-state index is 0.0170. The van der Waals surface area contributed by atoms with E-state index in [1.54, 1.807) is 11.1 Å². The first-order chi connectivity index (χ1) is 12.9. The fourth-order valence-electron chi connectivity index (χ4n) is 2.87. The molecule has 3 amide bonds. The Bertz CT molecular complexity index is 811. The van der Waals surface area contributed by atoms with Crippen molar-refractivity contribution in [2.75, 3.05) is 20.1 Å². The molecule has 0 bridgehead atoms. The van der Waals surface area contributed by atoms with Crippen molar-refractivity contribution >= 4 is 11.9 Å². The van der Waals surface area contributed by atoms with Crippen LogP contribution in [-0.2, 0) is 12.1 Å². The number of piperidine rings is 1. The highest BCUT2D eigenvalue weighted by Gasteiger charge is 2.36. The number of carbonyl (C=O) groups excluding carboxylic acids is 2. The third kappa shape index (κ3) is 4.22. The maximum absolute atomic E-state index is 12.3. The van der Waals surface area contributed by atoms with Crippen LogP contribution in [0.3, 0.4) is 0 Å². The second kappa shape index (κ2) is 7.70. The number of urea groups is 1. The van der Waals surface area contributed by atoms with E-state index in [1.807, 2.05) is 19.1 Å². The Morgan fingerprint density at radius 1 is 1.33 bits per heavy atom. The van der Waals surface area contributed by atoms with Gasteiger partial charge >= 0.3 is 6.03 Å². The Labute approximate surface area is 156 Å². The van der Waals surface area contributed by atoms with Crippen molar-refractivity contribution in [2.24, 2.45) is 0 Å². The zero-order chi connectivity index (χ0) is 19.4. The van der Waals surface area contributed by atoms with E-state index in [4.69, 9.17) is 4.52 Å². The summed E-state index contributed by atoms with van der Waals surface area (Å²) in [6.45, 7) is 2.74. The van der Waals surface area contributed by atoms with Gasteiger partial charge in [0.05, 0.1) is 12.2 Å². The Morgan fingerprint density at radius 3 is 2.70 bits per heavy atom. The minimum Gasteiger partial charge on any atom is -0.383 e. The summed E-state index contributed by atoms with van der Waals surface area (Å²) >= 11 is 0. The SMILES string of the molecule is CNC(=O)c1noc(CNC(=O)N2CCC(O)(c3ccc(C)cn3)CC2)n1. The molecule has 3 N–H and O–H groups in total. The summed E-state index contributed by atoms with van der Waals surface area (Å²) in [6.07, 6.45) is 2.53. The first-order valence-corrected chi connectivity index (χ1v) is 8.64. The highest BCUT2D eigenvalue weighted by atomic mass is 16.5. The van der Waals surface area contributed by atoms with Crippen LogP contribution in [0.4, 0.5) is 4.79 Å². The van der Waals surface area contributed by atoms with Crippen molar-refractivity contribution < 1.29 is 19.2 Å². The zero-order valence-electron chi connectivity index (χ0n) is 15.2. The third-order valence-electron chi connectivity index (χ3n) is 4.56. The van der Waals surface area contributed by atoms with Crippen molar-refractivity contribution in [1.82, 2.24) is 30.7 Å². The number of pyridine rings is 1. The quantitative estimate of drug-likeness (QED) is 0.702. The number of nitrogens with one attached hydrogen (secondary N) is 2. The predicted octanol–water partition coefficient (Wildman–Crippen LogP) is 0.326. The molecule has 0 atom stereocenters. The molecule has 0 spiro atoms. The summed E-state index contributed by atoms with van der Waals surface area (Å²) in [6, 6.07) is 3.44. The van der Waals surface area contributed by atoms with E-state index in [9.17, 15) is 14.7 Å². The number of likely N-dealkylation sites (tertiary alicyclic amines) is 1. The molecule has 0 aliphatic carbocycles. The molecule has 2 aromatic heterocycles. The molecule has 0 aromatic carbocycles. The maximum Gasteiger partial charge on any atom is 0.317 e. The Balaban J connectivity index is 1.52. The van der Waals surface area contributed by atoms with Crippen LogP contribution in [-0.4, -0.2) is 57.2 Å². The number of aliphatic hydroxyl groups is 1. The van der Waals surface area contributed by atoms with Crippen molar-refractivity contribution in [3.63, 3.8) is 0 Å². The first-order valence-electron chi connectivity index (χ1n) is 8.64. The van der Waals surface area contributed by atoms with Gasteiger partial charge in [-0.2, -0.15) is 4.98 Å². The van der Waals surface area contributed by atoms with Crippen molar-refractivity contribution in [1.29, 1.82) is 0 Å². The highest BCUT2D eigenvalue weighted by Crippen LogP contribution is 2.31. The van der Waals surface area contributed by atoms with Crippen LogP contribution in [0.25, 0.3) is 0 Å². The molecule has 1 saturated heterocycles. The average Bonchev–Trinajstić information content (AvgIpc) is 3.15. The average molecular weight is 374 g/mol. The van der Waals surface area contributed by atoms with Gasteiger partial charge in [-0.1, -0.05) is 11.2 Å². The van der Waals surface area contributed by atoms with Crippen LogP contribution in [0.2, 0.25) is 0 Å². The lowest BCUT2D eigenvalue weighted by Gasteiger charge is -2.37. The number of aryl methyl sites for hydroxylation is 1. The topological polar surface area (TPSA) is 133 Å². The molecule has 10 nitrogen and oxygen atoms in total. The summed E-state index contributed by atoms with van der Waals surface area (Å²) in [5, 5.41) is 19.4. The number of amides is 3.